The fourth-order valence-electron chi connectivity index (χ4n) is 2.33. The minimum atomic E-state index is -0.160. The van der Waals surface area contributed by atoms with Gasteiger partial charge in [0.25, 0.3) is 0 Å². The lowest BCUT2D eigenvalue weighted by atomic mass is 9.87. The first-order chi connectivity index (χ1) is 12.1. The Bertz CT molecular complexity index is 506. The number of amides is 2. The molecule has 4 N–H and O–H groups in total. The van der Waals surface area contributed by atoms with Gasteiger partial charge in [0.2, 0.25) is 11.8 Å². The van der Waals surface area contributed by atoms with E-state index in [1.54, 1.807) is 0 Å². The molecule has 0 unspecified atom stereocenters. The second-order valence-electron chi connectivity index (χ2n) is 10.6. The van der Waals surface area contributed by atoms with Crippen molar-refractivity contribution in [3.8, 4) is 0 Å². The van der Waals surface area contributed by atoms with Gasteiger partial charge in [-0.05, 0) is 50.9 Å². The summed E-state index contributed by atoms with van der Waals surface area (Å²) >= 11 is 0. The highest BCUT2D eigenvalue weighted by atomic mass is 16.2. The maximum absolute atomic E-state index is 12.1. The Kier molecular flexibility index (Phi) is 10.1. The molecule has 0 heterocycles. The van der Waals surface area contributed by atoms with Crippen molar-refractivity contribution in [1.29, 1.82) is 0 Å². The summed E-state index contributed by atoms with van der Waals surface area (Å²) in [6.45, 7) is 18.9. The van der Waals surface area contributed by atoms with Crippen LogP contribution in [0, 0.1) is 10.8 Å². The molecule has 0 bridgehead atoms. The number of carbonyl (C=O) groups excluding carboxylic acids is 2. The van der Waals surface area contributed by atoms with Gasteiger partial charge in [0.1, 0.15) is 0 Å². The van der Waals surface area contributed by atoms with E-state index >= 15 is 0 Å². The van der Waals surface area contributed by atoms with Gasteiger partial charge in [-0.2, -0.15) is 0 Å². The standard InChI is InChI=1S/C21H42N4O2/c1-19(2,3)14-16(15-20(4,5)6)22-23-17(26)12-10-11-13-18(27)24-25-21(7,8)9/h14,22,25H,10-13,15H2,1-9H3,(H,23,26)(H,24,27)/b16-14-. The molecule has 0 aromatic rings. The van der Waals surface area contributed by atoms with Crippen LogP contribution < -0.4 is 21.7 Å². The van der Waals surface area contributed by atoms with Crippen LogP contribution in [0.5, 0.6) is 0 Å². The molecule has 0 aromatic heterocycles. The molecular weight excluding hydrogens is 340 g/mol. The predicted octanol–water partition coefficient (Wildman–Crippen LogP) is 3.95. The second-order valence-corrected chi connectivity index (χ2v) is 10.6. The number of unbranched alkanes of at least 4 members (excludes halogenated alkanes) is 1. The Balaban J connectivity index is 4.22. The molecule has 0 aliphatic rings. The summed E-state index contributed by atoms with van der Waals surface area (Å²) in [5.41, 5.74) is 12.5. The van der Waals surface area contributed by atoms with Gasteiger partial charge in [-0.1, -0.05) is 47.6 Å². The van der Waals surface area contributed by atoms with Gasteiger partial charge in [-0.25, -0.2) is 5.43 Å². The van der Waals surface area contributed by atoms with E-state index in [0.717, 1.165) is 12.1 Å². The smallest absolute Gasteiger partial charge is 0.238 e. The molecule has 0 fully saturated rings. The van der Waals surface area contributed by atoms with E-state index in [4.69, 9.17) is 0 Å². The van der Waals surface area contributed by atoms with E-state index in [9.17, 15) is 9.59 Å². The van der Waals surface area contributed by atoms with E-state index in [1.165, 1.54) is 0 Å². The molecule has 0 radical (unpaired) electrons. The second kappa shape index (κ2) is 10.7. The van der Waals surface area contributed by atoms with Crippen LogP contribution in [0.4, 0.5) is 0 Å². The third-order valence-electron chi connectivity index (χ3n) is 3.33. The Morgan fingerprint density at radius 1 is 0.741 bits per heavy atom. The molecule has 0 aliphatic carbocycles. The van der Waals surface area contributed by atoms with Crippen molar-refractivity contribution in [2.24, 2.45) is 10.8 Å². The van der Waals surface area contributed by atoms with Crippen LogP contribution in [0.25, 0.3) is 0 Å². The topological polar surface area (TPSA) is 82.3 Å². The lowest BCUT2D eigenvalue weighted by molar-refractivity contribution is -0.124. The highest BCUT2D eigenvalue weighted by molar-refractivity contribution is 5.76. The molecule has 6 nitrogen and oxygen atoms in total. The summed E-state index contributed by atoms with van der Waals surface area (Å²) in [7, 11) is 0. The number of hydrogen-bond donors (Lipinski definition) is 4. The van der Waals surface area contributed by atoms with Crippen molar-refractivity contribution < 1.29 is 9.59 Å². The van der Waals surface area contributed by atoms with Gasteiger partial charge in [0.15, 0.2) is 0 Å². The van der Waals surface area contributed by atoms with Crippen LogP contribution in [-0.4, -0.2) is 17.4 Å². The summed E-state index contributed by atoms with van der Waals surface area (Å²) < 4.78 is 0. The fourth-order valence-corrected chi connectivity index (χ4v) is 2.33. The molecule has 6 heteroatoms. The predicted molar refractivity (Wildman–Crippen MR) is 112 cm³/mol. The Morgan fingerprint density at radius 3 is 1.63 bits per heavy atom. The first kappa shape index (κ1) is 25.4. The first-order valence-corrected chi connectivity index (χ1v) is 9.90. The normalized spacial score (nSPS) is 13.3. The third kappa shape index (κ3) is 17.6. The number of carbonyl (C=O) groups is 2. The maximum Gasteiger partial charge on any atom is 0.238 e. The highest BCUT2D eigenvalue weighted by Gasteiger charge is 2.17. The molecule has 27 heavy (non-hydrogen) atoms. The fraction of sp³-hybridized carbons (Fsp3) is 0.810. The van der Waals surface area contributed by atoms with Crippen LogP contribution in [-0.2, 0) is 9.59 Å². The van der Waals surface area contributed by atoms with E-state index in [-0.39, 0.29) is 28.2 Å². The van der Waals surface area contributed by atoms with E-state index in [1.807, 2.05) is 20.8 Å². The number of allylic oxidation sites excluding steroid dienone is 2. The van der Waals surface area contributed by atoms with Crippen molar-refractivity contribution >= 4 is 11.8 Å². The van der Waals surface area contributed by atoms with Gasteiger partial charge >= 0.3 is 0 Å². The van der Waals surface area contributed by atoms with Gasteiger partial charge < -0.3 is 5.43 Å². The monoisotopic (exact) mass is 382 g/mol. The molecule has 0 spiro atoms. The zero-order valence-electron chi connectivity index (χ0n) is 18.9. The quantitative estimate of drug-likeness (QED) is 0.359. The Hall–Kier alpha value is -1.56. The van der Waals surface area contributed by atoms with Crippen molar-refractivity contribution in [3.63, 3.8) is 0 Å². The lowest BCUT2D eigenvalue weighted by Crippen LogP contribution is -2.48. The number of hydrogen-bond acceptors (Lipinski definition) is 4. The van der Waals surface area contributed by atoms with Crippen LogP contribution in [0.15, 0.2) is 11.8 Å². The molecule has 0 saturated heterocycles. The van der Waals surface area contributed by atoms with Crippen molar-refractivity contribution in [1.82, 2.24) is 21.7 Å². The summed E-state index contributed by atoms with van der Waals surface area (Å²) in [6.07, 6.45) is 5.16. The van der Waals surface area contributed by atoms with Crippen LogP contribution >= 0.6 is 0 Å². The molecule has 0 atom stereocenters. The molecule has 0 aromatic carbocycles. The summed E-state index contributed by atoms with van der Waals surface area (Å²) in [6, 6.07) is 0. The van der Waals surface area contributed by atoms with E-state index in [2.05, 4.69) is 69.3 Å². The van der Waals surface area contributed by atoms with Crippen LogP contribution in [0.2, 0.25) is 0 Å². The minimum absolute atomic E-state index is 0.0345. The Labute approximate surface area is 166 Å². The van der Waals surface area contributed by atoms with Crippen LogP contribution in [0.3, 0.4) is 0 Å². The lowest BCUT2D eigenvalue weighted by Gasteiger charge is -2.24. The van der Waals surface area contributed by atoms with Crippen molar-refractivity contribution in [3.05, 3.63) is 11.8 Å². The SMILES string of the molecule is CC(C)(C)/C=C(/CC(C)(C)C)NNC(=O)CCCCC(=O)NNC(C)(C)C. The summed E-state index contributed by atoms with van der Waals surface area (Å²) in [4.78, 5) is 23.8. The molecule has 0 rings (SSSR count). The molecular formula is C21H42N4O2. The Morgan fingerprint density at radius 2 is 1.22 bits per heavy atom. The zero-order chi connectivity index (χ0) is 21.3. The highest BCUT2D eigenvalue weighted by Crippen LogP contribution is 2.26. The molecule has 2 amide bonds. The third-order valence-corrected chi connectivity index (χ3v) is 3.33. The van der Waals surface area contributed by atoms with Gasteiger partial charge in [-0.15, -0.1) is 0 Å². The number of rotatable bonds is 9. The van der Waals surface area contributed by atoms with Crippen LogP contribution in [0.1, 0.15) is 94.4 Å². The van der Waals surface area contributed by atoms with E-state index in [0.29, 0.717) is 25.7 Å². The average Bonchev–Trinajstić information content (AvgIpc) is 2.43. The minimum Gasteiger partial charge on any atom is -0.303 e. The molecule has 158 valence electrons. The summed E-state index contributed by atoms with van der Waals surface area (Å²) in [5.74, 6) is -0.110. The van der Waals surface area contributed by atoms with Gasteiger partial charge in [0.05, 0.1) is 0 Å². The molecule has 0 aliphatic heterocycles. The van der Waals surface area contributed by atoms with Crippen molar-refractivity contribution in [2.45, 2.75) is 100.0 Å². The molecule has 0 saturated carbocycles. The zero-order valence-corrected chi connectivity index (χ0v) is 18.9. The van der Waals surface area contributed by atoms with Gasteiger partial charge in [-0.3, -0.25) is 20.4 Å². The summed E-state index contributed by atoms with van der Waals surface area (Å²) in [5, 5.41) is 0. The maximum atomic E-state index is 12.1. The van der Waals surface area contributed by atoms with E-state index < -0.39 is 0 Å². The number of hydrazine groups is 2. The number of nitrogens with one attached hydrogen (secondary N) is 4. The largest absolute Gasteiger partial charge is 0.303 e. The first-order valence-electron chi connectivity index (χ1n) is 9.90. The van der Waals surface area contributed by atoms with Gasteiger partial charge in [0, 0.05) is 24.1 Å². The van der Waals surface area contributed by atoms with Crippen molar-refractivity contribution in [2.75, 3.05) is 0 Å². The average molecular weight is 383 g/mol.